The van der Waals surface area contributed by atoms with Gasteiger partial charge in [0.25, 0.3) is 0 Å². The Kier molecular flexibility index (Phi) is 3.25. The van der Waals surface area contributed by atoms with Crippen molar-refractivity contribution in [2.45, 2.75) is 50.7 Å². The van der Waals surface area contributed by atoms with Crippen LogP contribution in [0.2, 0.25) is 5.02 Å². The van der Waals surface area contributed by atoms with E-state index in [1.807, 2.05) is 18.2 Å². The molecule has 2 nitrogen and oxygen atoms in total. The molecule has 0 aromatic heterocycles. The zero-order valence-electron chi connectivity index (χ0n) is 10.8. The fraction of sp³-hybridized carbons (Fsp3) is 0.600. The van der Waals surface area contributed by atoms with Crippen molar-refractivity contribution in [2.75, 3.05) is 6.54 Å². The molecule has 1 heterocycles. The van der Waals surface area contributed by atoms with Crippen molar-refractivity contribution in [3.8, 4) is 5.75 Å². The maximum atomic E-state index is 6.00. The van der Waals surface area contributed by atoms with Crippen molar-refractivity contribution < 1.29 is 4.74 Å². The Morgan fingerprint density at radius 2 is 2.28 bits per heavy atom. The van der Waals surface area contributed by atoms with Crippen LogP contribution in [0.5, 0.6) is 5.75 Å². The molecule has 3 heteroatoms. The van der Waals surface area contributed by atoms with Gasteiger partial charge in [0.15, 0.2) is 0 Å². The Morgan fingerprint density at radius 3 is 2.94 bits per heavy atom. The van der Waals surface area contributed by atoms with Crippen LogP contribution in [0, 0.1) is 0 Å². The summed E-state index contributed by atoms with van der Waals surface area (Å²) in [5.74, 6) is 1.00. The van der Waals surface area contributed by atoms with Crippen LogP contribution in [0.15, 0.2) is 18.2 Å². The van der Waals surface area contributed by atoms with E-state index in [0.717, 1.165) is 23.7 Å². The number of halogens is 1. The summed E-state index contributed by atoms with van der Waals surface area (Å²) in [4.78, 5) is 0. The van der Waals surface area contributed by atoms with Gasteiger partial charge in [-0.05, 0) is 49.4 Å². The van der Waals surface area contributed by atoms with E-state index in [-0.39, 0.29) is 6.10 Å². The molecule has 0 radical (unpaired) electrons. The van der Waals surface area contributed by atoms with Crippen molar-refractivity contribution in [3.63, 3.8) is 0 Å². The van der Waals surface area contributed by atoms with Crippen LogP contribution in [0.1, 0.15) is 38.2 Å². The van der Waals surface area contributed by atoms with Crippen molar-refractivity contribution in [3.05, 3.63) is 28.8 Å². The van der Waals surface area contributed by atoms with E-state index in [1.54, 1.807) is 0 Å². The van der Waals surface area contributed by atoms with Gasteiger partial charge in [0, 0.05) is 23.5 Å². The molecular weight excluding hydrogens is 246 g/mol. The van der Waals surface area contributed by atoms with E-state index < -0.39 is 0 Å². The summed E-state index contributed by atoms with van der Waals surface area (Å²) in [6.07, 6.45) is 6.45. The minimum Gasteiger partial charge on any atom is -0.488 e. The topological polar surface area (TPSA) is 21.3 Å². The first-order chi connectivity index (χ1) is 8.71. The van der Waals surface area contributed by atoms with E-state index in [1.165, 1.54) is 31.2 Å². The minimum atomic E-state index is 0.266. The largest absolute Gasteiger partial charge is 0.488 e. The molecule has 1 atom stereocenters. The van der Waals surface area contributed by atoms with E-state index in [2.05, 4.69) is 12.2 Å². The summed E-state index contributed by atoms with van der Waals surface area (Å²) in [5.41, 5.74) is 1.64. The van der Waals surface area contributed by atoms with Crippen molar-refractivity contribution in [1.82, 2.24) is 5.32 Å². The molecule has 0 spiro atoms. The second-order valence-electron chi connectivity index (χ2n) is 5.56. The molecule has 0 bridgehead atoms. The van der Waals surface area contributed by atoms with Gasteiger partial charge in [-0.3, -0.25) is 0 Å². The summed E-state index contributed by atoms with van der Waals surface area (Å²) in [6.45, 7) is 3.22. The highest BCUT2D eigenvalue weighted by Crippen LogP contribution is 2.35. The molecule has 2 aliphatic rings. The van der Waals surface area contributed by atoms with Crippen LogP contribution < -0.4 is 10.1 Å². The highest BCUT2D eigenvalue weighted by atomic mass is 35.5. The molecule has 1 aliphatic heterocycles. The number of benzene rings is 1. The lowest BCUT2D eigenvalue weighted by Crippen LogP contribution is -2.53. The average molecular weight is 266 g/mol. The number of hydrogen-bond donors (Lipinski definition) is 1. The lowest BCUT2D eigenvalue weighted by atomic mass is 9.75. The van der Waals surface area contributed by atoms with E-state index in [9.17, 15) is 0 Å². The third-order valence-corrected chi connectivity index (χ3v) is 4.69. The summed E-state index contributed by atoms with van der Waals surface area (Å²) in [7, 11) is 0. The van der Waals surface area contributed by atoms with Gasteiger partial charge < -0.3 is 10.1 Å². The Labute approximate surface area is 114 Å². The molecule has 18 heavy (non-hydrogen) atoms. The molecule has 98 valence electrons. The Balaban J connectivity index is 1.58. The number of hydrogen-bond acceptors (Lipinski definition) is 2. The van der Waals surface area contributed by atoms with Crippen LogP contribution >= 0.6 is 11.6 Å². The van der Waals surface area contributed by atoms with E-state index in [4.69, 9.17) is 16.3 Å². The zero-order valence-corrected chi connectivity index (χ0v) is 11.6. The van der Waals surface area contributed by atoms with Gasteiger partial charge in [0.05, 0.1) is 0 Å². The van der Waals surface area contributed by atoms with Gasteiger partial charge in [-0.2, -0.15) is 0 Å². The quantitative estimate of drug-likeness (QED) is 0.899. The Hall–Kier alpha value is -0.730. The lowest BCUT2D eigenvalue weighted by molar-refractivity contribution is 0.142. The van der Waals surface area contributed by atoms with Gasteiger partial charge in [-0.15, -0.1) is 0 Å². The summed E-state index contributed by atoms with van der Waals surface area (Å²) < 4.78 is 5.95. The van der Waals surface area contributed by atoms with Crippen LogP contribution in [-0.2, 0) is 6.42 Å². The van der Waals surface area contributed by atoms with Gasteiger partial charge in [-0.25, -0.2) is 0 Å². The Morgan fingerprint density at radius 1 is 1.44 bits per heavy atom. The van der Waals surface area contributed by atoms with Gasteiger partial charge >= 0.3 is 0 Å². The monoisotopic (exact) mass is 265 g/mol. The van der Waals surface area contributed by atoms with Crippen LogP contribution in [0.4, 0.5) is 0 Å². The van der Waals surface area contributed by atoms with E-state index in [0.29, 0.717) is 5.54 Å². The summed E-state index contributed by atoms with van der Waals surface area (Å²) in [5, 5.41) is 4.52. The zero-order chi connectivity index (χ0) is 12.6. The van der Waals surface area contributed by atoms with Crippen LogP contribution in [0.3, 0.4) is 0 Å². The van der Waals surface area contributed by atoms with Gasteiger partial charge in [0.2, 0.25) is 0 Å². The fourth-order valence-corrected chi connectivity index (χ4v) is 3.19. The number of ether oxygens (including phenoxy) is 1. The number of nitrogens with one attached hydrogen (secondary N) is 1. The standard InChI is InChI=1S/C15H20ClNO/c1-2-15(6-3-7-15)17-10-13-9-11-8-12(16)4-5-14(11)18-13/h4-5,8,13,17H,2-3,6-7,9-10H2,1H3. The first-order valence-electron chi connectivity index (χ1n) is 6.91. The highest BCUT2D eigenvalue weighted by Gasteiger charge is 2.35. The predicted molar refractivity (Wildman–Crippen MR) is 74.4 cm³/mol. The molecule has 0 saturated heterocycles. The first-order valence-corrected chi connectivity index (χ1v) is 7.29. The van der Waals surface area contributed by atoms with Crippen LogP contribution in [-0.4, -0.2) is 18.2 Å². The highest BCUT2D eigenvalue weighted by molar-refractivity contribution is 6.30. The minimum absolute atomic E-state index is 0.266. The third-order valence-electron chi connectivity index (χ3n) is 4.46. The van der Waals surface area contributed by atoms with E-state index >= 15 is 0 Å². The molecule has 1 fully saturated rings. The van der Waals surface area contributed by atoms with Crippen LogP contribution in [0.25, 0.3) is 0 Å². The molecule has 1 aromatic carbocycles. The number of fused-ring (bicyclic) bond motifs is 1. The first kappa shape index (κ1) is 12.3. The second kappa shape index (κ2) is 4.75. The van der Waals surface area contributed by atoms with Crippen molar-refractivity contribution in [2.24, 2.45) is 0 Å². The summed E-state index contributed by atoms with van der Waals surface area (Å²) in [6, 6.07) is 5.90. The molecule has 0 amide bonds. The normalized spacial score (nSPS) is 24.2. The van der Waals surface area contributed by atoms with Crippen molar-refractivity contribution >= 4 is 11.6 Å². The molecule has 3 rings (SSSR count). The Bertz CT molecular complexity index is 437. The third kappa shape index (κ3) is 2.24. The summed E-state index contributed by atoms with van der Waals surface area (Å²) >= 11 is 6.00. The maximum Gasteiger partial charge on any atom is 0.123 e. The predicted octanol–water partition coefficient (Wildman–Crippen LogP) is 3.57. The van der Waals surface area contributed by atoms with Crippen molar-refractivity contribution in [1.29, 1.82) is 0 Å². The molecule has 1 aromatic rings. The number of rotatable bonds is 4. The molecule has 1 unspecified atom stereocenters. The smallest absolute Gasteiger partial charge is 0.123 e. The molecule has 1 aliphatic carbocycles. The second-order valence-corrected chi connectivity index (χ2v) is 6.00. The molecule has 1 N–H and O–H groups in total. The molecule has 1 saturated carbocycles. The van der Waals surface area contributed by atoms with Gasteiger partial charge in [0.1, 0.15) is 11.9 Å². The average Bonchev–Trinajstić information content (AvgIpc) is 2.70. The van der Waals surface area contributed by atoms with Gasteiger partial charge in [-0.1, -0.05) is 18.5 Å². The fourth-order valence-electron chi connectivity index (χ4n) is 2.99. The SMILES string of the molecule is CCC1(NCC2Cc3cc(Cl)ccc3O2)CCC1. The molecular formula is C15H20ClNO. The maximum absolute atomic E-state index is 6.00. The lowest BCUT2D eigenvalue weighted by Gasteiger charge is -2.42.